The summed E-state index contributed by atoms with van der Waals surface area (Å²) in [5, 5.41) is 0. The van der Waals surface area contributed by atoms with Gasteiger partial charge in [0.05, 0.1) is 79.0 Å². The molecule has 0 amide bonds. The van der Waals surface area contributed by atoms with E-state index in [1.165, 1.54) is 0 Å². The molecule has 0 spiro atoms. The lowest BCUT2D eigenvalue weighted by Gasteiger charge is -2.39. The third-order valence-corrected chi connectivity index (χ3v) is 12.6. The molecule has 1 rings (SSSR count). The summed E-state index contributed by atoms with van der Waals surface area (Å²) in [6.07, 6.45) is -0.0329. The van der Waals surface area contributed by atoms with Crippen LogP contribution in [0.15, 0.2) is 24.3 Å². The summed E-state index contributed by atoms with van der Waals surface area (Å²) < 4.78 is 72.4. The van der Waals surface area contributed by atoms with Gasteiger partial charge in [0.25, 0.3) is 0 Å². The minimum Gasteiger partial charge on any atom is -0.465 e. The van der Waals surface area contributed by atoms with Crippen LogP contribution in [0, 0.1) is 0 Å². The molecule has 0 aliphatic carbocycles. The second-order valence-electron chi connectivity index (χ2n) is 13.3. The number of carbonyl (C=O) groups is 4. The molecule has 0 bridgehead atoms. The van der Waals surface area contributed by atoms with E-state index < -0.39 is 45.1 Å². The van der Waals surface area contributed by atoms with Crippen LogP contribution in [-0.2, 0) is 71.8 Å². The highest BCUT2D eigenvalue weighted by molar-refractivity contribution is 7.54. The first-order valence-corrected chi connectivity index (χ1v) is 24.2. The highest BCUT2D eigenvalue weighted by Crippen LogP contribution is 2.50. The number of hydrogen-bond donors (Lipinski definition) is 1. The van der Waals surface area contributed by atoms with Crippen molar-refractivity contribution in [3.63, 3.8) is 0 Å². The molecule has 1 atom stereocenters. The molecule has 0 fully saturated rings. The lowest BCUT2D eigenvalue weighted by Crippen LogP contribution is -2.51. The number of benzene rings is 1. The quantitative estimate of drug-likeness (QED) is 0.0440. The van der Waals surface area contributed by atoms with Crippen molar-refractivity contribution in [2.45, 2.75) is 67.9 Å². The van der Waals surface area contributed by atoms with E-state index in [2.05, 4.69) is 0 Å². The Hall–Kier alpha value is -2.96. The van der Waals surface area contributed by atoms with Crippen LogP contribution in [0.2, 0.25) is 0 Å². The molecule has 19 nitrogen and oxygen atoms in total. The maximum absolute atomic E-state index is 14.4. The molecule has 1 aromatic carbocycles. The van der Waals surface area contributed by atoms with Crippen LogP contribution in [0.3, 0.4) is 0 Å². The second kappa shape index (κ2) is 31.0. The van der Waals surface area contributed by atoms with Crippen molar-refractivity contribution in [1.82, 2.24) is 19.6 Å². The smallest absolute Gasteiger partial charge is 0.344 e. The van der Waals surface area contributed by atoms with E-state index in [1.807, 2.05) is 21.9 Å². The summed E-state index contributed by atoms with van der Waals surface area (Å²) in [5.41, 5.74) is 7.47. The molecule has 0 aliphatic rings. The van der Waals surface area contributed by atoms with E-state index >= 15 is 0 Å². The van der Waals surface area contributed by atoms with Gasteiger partial charge < -0.3 is 42.8 Å². The first-order chi connectivity index (χ1) is 28.6. The molecular formula is C39H71N5O14P2. The summed E-state index contributed by atoms with van der Waals surface area (Å²) in [6, 6.07) is 6.72. The fourth-order valence-electron chi connectivity index (χ4n) is 6.15. The highest BCUT2D eigenvalue weighted by Gasteiger charge is 2.35. The summed E-state index contributed by atoms with van der Waals surface area (Å²) in [7, 11) is -7.54. The van der Waals surface area contributed by atoms with Gasteiger partial charge in [0.1, 0.15) is 12.6 Å². The van der Waals surface area contributed by atoms with Crippen molar-refractivity contribution >= 4 is 44.8 Å². The fraction of sp³-hybridized carbons (Fsp3) is 0.744. The molecule has 21 heteroatoms. The van der Waals surface area contributed by atoms with Gasteiger partial charge >= 0.3 is 39.1 Å². The zero-order valence-corrected chi connectivity index (χ0v) is 38.8. The molecule has 2 N–H and O–H groups in total. The first kappa shape index (κ1) is 55.1. The normalized spacial score (nSPS) is 12.6. The molecule has 0 aromatic heterocycles. The SMILES string of the molecule is CCOC(=O)CN(CCN(CC(Cc1ccc(N)cc1)N(CCN(CC(=O)OCC)CC(=O)OCC)CP(=O)(OCC)OCC)CP(=O)(OCC)OCC)CC(=O)OCC. The van der Waals surface area contributed by atoms with E-state index in [1.54, 1.807) is 77.3 Å². The maximum atomic E-state index is 14.4. The van der Waals surface area contributed by atoms with E-state index in [9.17, 15) is 28.3 Å². The van der Waals surface area contributed by atoms with E-state index in [4.69, 9.17) is 42.8 Å². The summed E-state index contributed by atoms with van der Waals surface area (Å²) in [5.74, 6) is -2.14. The van der Waals surface area contributed by atoms with Crippen molar-refractivity contribution in [1.29, 1.82) is 0 Å². The molecular weight excluding hydrogens is 824 g/mol. The zero-order chi connectivity index (χ0) is 45.0. The fourth-order valence-corrected chi connectivity index (χ4v) is 9.76. The first-order valence-electron chi connectivity index (χ1n) is 20.8. The number of esters is 4. The Morgan fingerprint density at radius 1 is 0.517 bits per heavy atom. The predicted molar refractivity (Wildman–Crippen MR) is 227 cm³/mol. The summed E-state index contributed by atoms with van der Waals surface area (Å²) >= 11 is 0. The zero-order valence-electron chi connectivity index (χ0n) is 37.0. The standard InChI is InChI=1S/C39H71N5O14P2/c1-9-51-36(45)27-41(28-37(46)52-10-2)21-22-43(31-59(49,55-13-5)56-14-6)26-35(25-33-17-19-34(40)20-18-33)44(32-60(50,57-15-7)58-16-8)24-23-42(29-38(47)53-11-3)30-39(48)54-12-4/h17-20,35H,9-16,21-32,40H2,1-8H3. The molecule has 0 aliphatic heterocycles. The van der Waals surface area contributed by atoms with Gasteiger partial charge in [0.2, 0.25) is 0 Å². The molecule has 60 heavy (non-hydrogen) atoms. The van der Waals surface area contributed by atoms with E-state index in [-0.39, 0.29) is 124 Å². The monoisotopic (exact) mass is 895 g/mol. The van der Waals surface area contributed by atoms with Gasteiger partial charge in [-0.2, -0.15) is 0 Å². The molecule has 1 unspecified atom stereocenters. The Bertz CT molecular complexity index is 1430. The molecule has 346 valence electrons. The van der Waals surface area contributed by atoms with E-state index in [0.717, 1.165) is 5.56 Å². The Kier molecular flexibility index (Phi) is 28.4. The lowest BCUT2D eigenvalue weighted by molar-refractivity contribution is -0.150. The Morgan fingerprint density at radius 3 is 1.23 bits per heavy atom. The highest BCUT2D eigenvalue weighted by atomic mass is 31.2. The second-order valence-corrected chi connectivity index (χ2v) is 17.3. The topological polar surface area (TPSA) is 215 Å². The summed E-state index contributed by atoms with van der Waals surface area (Å²) in [6.45, 7) is 14.4. The van der Waals surface area contributed by atoms with Gasteiger partial charge in [0.15, 0.2) is 0 Å². The number of nitrogen functional groups attached to an aromatic ring is 1. The molecule has 0 saturated heterocycles. The summed E-state index contributed by atoms with van der Waals surface area (Å²) in [4.78, 5) is 57.7. The van der Waals surface area contributed by atoms with Crippen LogP contribution < -0.4 is 5.73 Å². The van der Waals surface area contributed by atoms with Crippen LogP contribution in [0.4, 0.5) is 5.69 Å². The van der Waals surface area contributed by atoms with Gasteiger partial charge in [0, 0.05) is 44.5 Å². The number of hydrogen-bond acceptors (Lipinski definition) is 19. The van der Waals surface area contributed by atoms with Gasteiger partial charge in [-0.25, -0.2) is 0 Å². The van der Waals surface area contributed by atoms with Crippen LogP contribution in [0.1, 0.15) is 61.0 Å². The minimum atomic E-state index is -3.79. The predicted octanol–water partition coefficient (Wildman–Crippen LogP) is 4.09. The van der Waals surface area contributed by atoms with Crippen molar-refractivity contribution in [3.05, 3.63) is 29.8 Å². The van der Waals surface area contributed by atoms with Gasteiger partial charge in [-0.1, -0.05) is 12.1 Å². The molecule has 0 saturated carbocycles. The lowest BCUT2D eigenvalue weighted by atomic mass is 10.0. The van der Waals surface area contributed by atoms with Crippen LogP contribution in [0.5, 0.6) is 0 Å². The molecule has 0 heterocycles. The average Bonchev–Trinajstić information content (AvgIpc) is 3.16. The van der Waals surface area contributed by atoms with Gasteiger partial charge in [-0.05, 0) is 79.5 Å². The average molecular weight is 896 g/mol. The van der Waals surface area contributed by atoms with Crippen molar-refractivity contribution in [2.75, 3.05) is 130 Å². The van der Waals surface area contributed by atoms with Crippen LogP contribution >= 0.6 is 15.2 Å². The Balaban J connectivity index is 3.92. The van der Waals surface area contributed by atoms with E-state index in [0.29, 0.717) is 12.1 Å². The van der Waals surface area contributed by atoms with Crippen molar-refractivity contribution < 1.29 is 65.4 Å². The number of nitrogens with zero attached hydrogens (tertiary/aromatic N) is 4. The number of rotatable bonds is 35. The maximum Gasteiger partial charge on any atom is 0.344 e. The number of anilines is 1. The minimum absolute atomic E-state index is 0.0976. The molecule has 0 radical (unpaired) electrons. The number of nitrogens with two attached hydrogens (primary N) is 1. The van der Waals surface area contributed by atoms with Gasteiger partial charge in [-0.3, -0.25) is 47.9 Å². The van der Waals surface area contributed by atoms with Crippen LogP contribution in [0.25, 0.3) is 0 Å². The number of carbonyl (C=O) groups excluding carboxylic acids is 4. The Labute approximate surface area is 356 Å². The Morgan fingerprint density at radius 2 is 0.867 bits per heavy atom. The third kappa shape index (κ3) is 23.3. The number of ether oxygens (including phenoxy) is 4. The van der Waals surface area contributed by atoms with Gasteiger partial charge in [-0.15, -0.1) is 0 Å². The molecule has 1 aromatic rings. The van der Waals surface area contributed by atoms with Crippen molar-refractivity contribution in [3.8, 4) is 0 Å². The third-order valence-electron chi connectivity index (χ3n) is 8.54. The largest absolute Gasteiger partial charge is 0.465 e. The van der Waals surface area contributed by atoms with Crippen molar-refractivity contribution in [2.24, 2.45) is 0 Å². The van der Waals surface area contributed by atoms with Crippen LogP contribution in [-0.4, -0.2) is 174 Å².